The van der Waals surface area contributed by atoms with Crippen LogP contribution in [0.2, 0.25) is 0 Å². The number of likely N-dealkylation sites (tertiary alicyclic amines) is 1. The van der Waals surface area contributed by atoms with Crippen LogP contribution in [-0.4, -0.2) is 47.4 Å². The Kier molecular flexibility index (Phi) is 6.18. The standard InChI is InChI=1S/C25H26F4N2O3/c1-23(28,29)25(34,17-4-8-19(27)9-5-17)22(33)31-12-10-24(11-13-31)14-21(32)30-15-20(24)16-2-6-18(26)7-3-16/h2-9,20,34H,10-15H2,1H3,(H,30,32)/t20-,25?/m0/s1. The molecule has 2 saturated heterocycles. The first-order valence-corrected chi connectivity index (χ1v) is 11.1. The van der Waals surface area contributed by atoms with E-state index in [1.165, 1.54) is 17.0 Å². The van der Waals surface area contributed by atoms with Crippen LogP contribution in [0.4, 0.5) is 17.6 Å². The lowest BCUT2D eigenvalue weighted by Gasteiger charge is -2.50. The zero-order valence-corrected chi connectivity index (χ0v) is 18.7. The number of nitrogens with one attached hydrogen (secondary N) is 1. The third kappa shape index (κ3) is 4.17. The number of rotatable bonds is 4. The maximum Gasteiger partial charge on any atom is 0.286 e. The molecule has 2 aromatic carbocycles. The van der Waals surface area contributed by atoms with Gasteiger partial charge in [-0.1, -0.05) is 24.3 Å². The summed E-state index contributed by atoms with van der Waals surface area (Å²) in [5, 5.41) is 13.8. The van der Waals surface area contributed by atoms with E-state index in [9.17, 15) is 32.3 Å². The topological polar surface area (TPSA) is 69.6 Å². The monoisotopic (exact) mass is 478 g/mol. The SMILES string of the molecule is CC(F)(F)C(O)(C(=O)N1CCC2(CC1)CC(=O)NC[C@H]2c1ccc(F)cc1)c1ccc(F)cc1. The molecule has 2 aliphatic rings. The Morgan fingerprint density at radius 1 is 1.03 bits per heavy atom. The van der Waals surface area contributed by atoms with Crippen molar-refractivity contribution in [2.45, 2.75) is 43.6 Å². The molecular weight excluding hydrogens is 452 g/mol. The molecule has 2 heterocycles. The molecule has 2 aliphatic heterocycles. The number of carbonyl (C=O) groups excluding carboxylic acids is 2. The van der Waals surface area contributed by atoms with Gasteiger partial charge in [0.2, 0.25) is 11.5 Å². The fourth-order valence-electron chi connectivity index (χ4n) is 5.27. The van der Waals surface area contributed by atoms with Gasteiger partial charge in [0.05, 0.1) is 0 Å². The van der Waals surface area contributed by atoms with E-state index in [0.717, 1.165) is 29.8 Å². The molecular formula is C25H26F4N2O3. The predicted molar refractivity (Wildman–Crippen MR) is 116 cm³/mol. The Morgan fingerprint density at radius 2 is 1.56 bits per heavy atom. The van der Waals surface area contributed by atoms with Gasteiger partial charge in [-0.25, -0.2) is 17.6 Å². The Balaban J connectivity index is 1.59. The minimum Gasteiger partial charge on any atom is -0.371 e. The maximum atomic E-state index is 14.6. The smallest absolute Gasteiger partial charge is 0.286 e. The van der Waals surface area contributed by atoms with Crippen molar-refractivity contribution >= 4 is 11.8 Å². The van der Waals surface area contributed by atoms with Crippen molar-refractivity contribution in [3.8, 4) is 0 Å². The van der Waals surface area contributed by atoms with Crippen molar-refractivity contribution in [1.82, 2.24) is 10.2 Å². The molecule has 0 saturated carbocycles. The summed E-state index contributed by atoms with van der Waals surface area (Å²) in [6.07, 6.45) is 0.898. The highest BCUT2D eigenvalue weighted by Gasteiger charge is 2.58. The number of nitrogens with zero attached hydrogens (tertiary/aromatic N) is 1. The summed E-state index contributed by atoms with van der Waals surface area (Å²) in [6, 6.07) is 9.83. The number of piperidine rings is 2. The van der Waals surface area contributed by atoms with Gasteiger partial charge in [-0.3, -0.25) is 9.59 Å². The molecule has 2 fully saturated rings. The van der Waals surface area contributed by atoms with E-state index < -0.39 is 34.2 Å². The van der Waals surface area contributed by atoms with Crippen molar-refractivity contribution in [2.75, 3.05) is 19.6 Å². The molecule has 182 valence electrons. The zero-order chi connectivity index (χ0) is 24.7. The van der Waals surface area contributed by atoms with Crippen LogP contribution in [0.3, 0.4) is 0 Å². The lowest BCUT2D eigenvalue weighted by molar-refractivity contribution is -0.200. The van der Waals surface area contributed by atoms with Crippen molar-refractivity contribution < 1.29 is 32.3 Å². The van der Waals surface area contributed by atoms with Gasteiger partial charge in [-0.15, -0.1) is 0 Å². The van der Waals surface area contributed by atoms with Crippen LogP contribution in [0.5, 0.6) is 0 Å². The number of amides is 2. The molecule has 9 heteroatoms. The molecule has 2 atom stereocenters. The van der Waals surface area contributed by atoms with Gasteiger partial charge in [-0.05, 0) is 53.6 Å². The molecule has 0 aromatic heterocycles. The Hall–Kier alpha value is -2.94. The van der Waals surface area contributed by atoms with Gasteiger partial charge in [0.1, 0.15) is 11.6 Å². The number of carbonyl (C=O) groups is 2. The predicted octanol–water partition coefficient (Wildman–Crippen LogP) is 3.72. The van der Waals surface area contributed by atoms with E-state index in [4.69, 9.17) is 0 Å². The molecule has 2 amide bonds. The van der Waals surface area contributed by atoms with Gasteiger partial charge < -0.3 is 15.3 Å². The first kappa shape index (κ1) is 24.2. The molecule has 2 N–H and O–H groups in total. The second-order valence-corrected chi connectivity index (χ2v) is 9.35. The zero-order valence-electron chi connectivity index (χ0n) is 18.7. The minimum atomic E-state index is -3.83. The molecule has 0 aliphatic carbocycles. The van der Waals surface area contributed by atoms with E-state index in [1.54, 1.807) is 12.1 Å². The number of aliphatic hydroxyl groups is 1. The summed E-state index contributed by atoms with van der Waals surface area (Å²) in [5.41, 5.74) is -3.23. The molecule has 0 radical (unpaired) electrons. The normalized spacial score (nSPS) is 22.2. The Bertz CT molecular complexity index is 1060. The summed E-state index contributed by atoms with van der Waals surface area (Å²) in [5.74, 6) is -6.33. The van der Waals surface area contributed by atoms with Crippen molar-refractivity contribution in [3.05, 3.63) is 71.3 Å². The first-order chi connectivity index (χ1) is 16.0. The molecule has 2 aromatic rings. The summed E-state index contributed by atoms with van der Waals surface area (Å²) in [4.78, 5) is 26.7. The highest BCUT2D eigenvalue weighted by molar-refractivity contribution is 5.88. The van der Waals surface area contributed by atoms with Crippen LogP contribution in [0.25, 0.3) is 0 Å². The van der Waals surface area contributed by atoms with Crippen LogP contribution in [0, 0.1) is 17.0 Å². The second kappa shape index (κ2) is 8.69. The molecule has 1 unspecified atom stereocenters. The second-order valence-electron chi connectivity index (χ2n) is 9.35. The molecule has 0 bridgehead atoms. The summed E-state index contributed by atoms with van der Waals surface area (Å²) < 4.78 is 56.0. The van der Waals surface area contributed by atoms with Gasteiger partial charge in [0.15, 0.2) is 0 Å². The summed E-state index contributed by atoms with van der Waals surface area (Å²) in [6.45, 7) is 0.924. The van der Waals surface area contributed by atoms with Crippen molar-refractivity contribution in [1.29, 1.82) is 0 Å². The van der Waals surface area contributed by atoms with Crippen LogP contribution < -0.4 is 5.32 Å². The van der Waals surface area contributed by atoms with Gasteiger partial charge in [0, 0.05) is 38.9 Å². The number of hydrogen-bond acceptors (Lipinski definition) is 3. The number of benzene rings is 2. The first-order valence-electron chi connectivity index (χ1n) is 11.1. The molecule has 1 spiro atoms. The average Bonchev–Trinajstić information content (AvgIpc) is 2.79. The highest BCUT2D eigenvalue weighted by Crippen LogP contribution is 2.49. The minimum absolute atomic E-state index is 0.0589. The Morgan fingerprint density at radius 3 is 2.09 bits per heavy atom. The number of halogens is 4. The lowest BCUT2D eigenvalue weighted by Crippen LogP contribution is -2.59. The highest BCUT2D eigenvalue weighted by atomic mass is 19.3. The van der Waals surface area contributed by atoms with E-state index in [-0.39, 0.29) is 37.2 Å². The van der Waals surface area contributed by atoms with Gasteiger partial charge in [-0.2, -0.15) is 0 Å². The third-order valence-electron chi connectivity index (χ3n) is 7.28. The van der Waals surface area contributed by atoms with E-state index >= 15 is 0 Å². The van der Waals surface area contributed by atoms with E-state index in [1.807, 2.05) is 0 Å². The van der Waals surface area contributed by atoms with Crippen molar-refractivity contribution in [2.24, 2.45) is 5.41 Å². The summed E-state index contributed by atoms with van der Waals surface area (Å²) >= 11 is 0. The fraction of sp³-hybridized carbons (Fsp3) is 0.440. The molecule has 4 rings (SSSR count). The van der Waals surface area contributed by atoms with Crippen LogP contribution >= 0.6 is 0 Å². The molecule has 5 nitrogen and oxygen atoms in total. The summed E-state index contributed by atoms with van der Waals surface area (Å²) in [7, 11) is 0. The largest absolute Gasteiger partial charge is 0.371 e. The Labute approximate surface area is 194 Å². The van der Waals surface area contributed by atoms with Gasteiger partial charge >= 0.3 is 0 Å². The van der Waals surface area contributed by atoms with Crippen molar-refractivity contribution in [3.63, 3.8) is 0 Å². The quantitative estimate of drug-likeness (QED) is 0.659. The van der Waals surface area contributed by atoms with Crippen LogP contribution in [-0.2, 0) is 15.2 Å². The van der Waals surface area contributed by atoms with E-state index in [2.05, 4.69) is 5.32 Å². The average molecular weight is 478 g/mol. The lowest BCUT2D eigenvalue weighted by atomic mass is 9.62. The van der Waals surface area contributed by atoms with Crippen LogP contribution in [0.1, 0.15) is 43.2 Å². The fourth-order valence-corrected chi connectivity index (χ4v) is 5.27. The number of hydrogen-bond donors (Lipinski definition) is 2. The maximum absolute atomic E-state index is 14.6. The third-order valence-corrected chi connectivity index (χ3v) is 7.28. The van der Waals surface area contributed by atoms with Gasteiger partial charge in [0.25, 0.3) is 11.8 Å². The number of alkyl halides is 2. The van der Waals surface area contributed by atoms with Crippen LogP contribution in [0.15, 0.2) is 48.5 Å². The van der Waals surface area contributed by atoms with E-state index in [0.29, 0.717) is 26.3 Å². The molecule has 34 heavy (non-hydrogen) atoms.